The van der Waals surface area contributed by atoms with Crippen LogP contribution < -0.4 is 10.0 Å². The average molecular weight is 319 g/mol. The van der Waals surface area contributed by atoms with Crippen molar-refractivity contribution in [1.82, 2.24) is 20.6 Å². The number of allylic oxidation sites excluding steroid dienone is 1. The molecule has 0 saturated heterocycles. The van der Waals surface area contributed by atoms with Gasteiger partial charge in [-0.05, 0) is 29.8 Å². The Balaban J connectivity index is 2.26. The van der Waals surface area contributed by atoms with Gasteiger partial charge in [0.25, 0.3) is 0 Å². The first-order valence-corrected chi connectivity index (χ1v) is 7.97. The van der Waals surface area contributed by atoms with Gasteiger partial charge in [0.2, 0.25) is 15.8 Å². The van der Waals surface area contributed by atoms with Crippen LogP contribution in [0.15, 0.2) is 24.4 Å². The van der Waals surface area contributed by atoms with Crippen LogP contribution in [0.1, 0.15) is 11.4 Å². The summed E-state index contributed by atoms with van der Waals surface area (Å²) in [5, 5.41) is 25.1. The second-order valence-corrected chi connectivity index (χ2v) is 6.20. The summed E-state index contributed by atoms with van der Waals surface area (Å²) in [5.74, 6) is 0.165. The summed E-state index contributed by atoms with van der Waals surface area (Å²) < 4.78 is 24.9. The van der Waals surface area contributed by atoms with Gasteiger partial charge < -0.3 is 5.32 Å². The normalized spacial score (nSPS) is 11.8. The third-order valence-electron chi connectivity index (χ3n) is 2.62. The van der Waals surface area contributed by atoms with Gasteiger partial charge in [-0.25, -0.2) is 8.42 Å². The second-order valence-electron chi connectivity index (χ2n) is 4.45. The summed E-state index contributed by atoms with van der Waals surface area (Å²) in [7, 11) is -3.36. The van der Waals surface area contributed by atoms with E-state index in [2.05, 4.69) is 30.7 Å². The third-order valence-corrected chi connectivity index (χ3v) is 3.23. The van der Waals surface area contributed by atoms with Crippen LogP contribution in [0.5, 0.6) is 0 Å². The van der Waals surface area contributed by atoms with E-state index in [4.69, 9.17) is 5.26 Å². The molecule has 0 unspecified atom stereocenters. The minimum atomic E-state index is -3.36. The van der Waals surface area contributed by atoms with Crippen molar-refractivity contribution >= 4 is 27.0 Å². The van der Waals surface area contributed by atoms with Gasteiger partial charge in [0.1, 0.15) is 11.6 Å². The van der Waals surface area contributed by atoms with E-state index in [0.29, 0.717) is 11.4 Å². The third kappa shape index (κ3) is 4.03. The molecule has 2 rings (SSSR count). The summed E-state index contributed by atoms with van der Waals surface area (Å²) in [5.41, 5.74) is 2.13. The van der Waals surface area contributed by atoms with E-state index in [1.165, 1.54) is 6.20 Å². The van der Waals surface area contributed by atoms with Gasteiger partial charge >= 0.3 is 0 Å². The van der Waals surface area contributed by atoms with Crippen LogP contribution in [0, 0.1) is 18.3 Å². The molecule has 10 heteroatoms. The zero-order valence-electron chi connectivity index (χ0n) is 11.8. The minimum Gasteiger partial charge on any atom is -0.360 e. The molecule has 22 heavy (non-hydrogen) atoms. The van der Waals surface area contributed by atoms with E-state index in [1.807, 2.05) is 13.0 Å². The van der Waals surface area contributed by atoms with Gasteiger partial charge in [0, 0.05) is 11.9 Å². The fraction of sp³-hybridized carbons (Fsp3) is 0.167. The smallest absolute Gasteiger partial charge is 0.229 e. The lowest BCUT2D eigenvalue weighted by molar-refractivity contribution is 0.607. The average Bonchev–Trinajstić information content (AvgIpc) is 2.95. The molecule has 0 amide bonds. The van der Waals surface area contributed by atoms with Gasteiger partial charge in [0.15, 0.2) is 0 Å². The standard InChI is InChI=1S/C12H13N7O2S/c1-8-3-4-10(17-22(2,20)21)5-11(8)14-7-9(6-13)12-15-18-19-16-12/h3-5,7,14,17H,1-2H3,(H,15,16,18,19). The van der Waals surface area contributed by atoms with Crippen LogP contribution in [-0.4, -0.2) is 35.3 Å². The number of benzene rings is 1. The fourth-order valence-electron chi connectivity index (χ4n) is 1.63. The molecule has 0 spiro atoms. The maximum atomic E-state index is 11.3. The Labute approximate surface area is 127 Å². The lowest BCUT2D eigenvalue weighted by Gasteiger charge is -2.09. The first-order valence-electron chi connectivity index (χ1n) is 6.08. The zero-order valence-corrected chi connectivity index (χ0v) is 12.6. The number of aryl methyl sites for hydroxylation is 1. The van der Waals surface area contributed by atoms with Gasteiger partial charge in [-0.1, -0.05) is 6.07 Å². The first-order chi connectivity index (χ1) is 10.4. The monoisotopic (exact) mass is 319 g/mol. The van der Waals surface area contributed by atoms with Crippen LogP contribution >= 0.6 is 0 Å². The van der Waals surface area contributed by atoms with Gasteiger partial charge in [-0.2, -0.15) is 10.5 Å². The molecule has 9 nitrogen and oxygen atoms in total. The quantitative estimate of drug-likeness (QED) is 0.695. The molecule has 3 N–H and O–H groups in total. The molecule has 114 valence electrons. The number of tetrazole rings is 1. The summed E-state index contributed by atoms with van der Waals surface area (Å²) in [6.45, 7) is 1.85. The Morgan fingerprint density at radius 3 is 2.82 bits per heavy atom. The molecule has 1 aromatic carbocycles. The molecule has 1 heterocycles. The fourth-order valence-corrected chi connectivity index (χ4v) is 2.18. The first kappa shape index (κ1) is 15.5. The summed E-state index contributed by atoms with van der Waals surface area (Å²) in [4.78, 5) is 0. The molecule has 0 atom stereocenters. The number of nitrogens with one attached hydrogen (secondary N) is 3. The highest BCUT2D eigenvalue weighted by molar-refractivity contribution is 7.92. The highest BCUT2D eigenvalue weighted by atomic mass is 32.2. The Kier molecular flexibility index (Phi) is 4.38. The van der Waals surface area contributed by atoms with Gasteiger partial charge in [0.05, 0.1) is 11.9 Å². The lowest BCUT2D eigenvalue weighted by Crippen LogP contribution is -2.09. The molecule has 0 aliphatic rings. The van der Waals surface area contributed by atoms with E-state index in [9.17, 15) is 8.42 Å². The Morgan fingerprint density at radius 1 is 1.45 bits per heavy atom. The predicted octanol–water partition coefficient (Wildman–Crippen LogP) is 0.856. The second kappa shape index (κ2) is 6.23. The number of nitrogens with zero attached hydrogens (tertiary/aromatic N) is 4. The number of sulfonamides is 1. The van der Waals surface area contributed by atoms with E-state index < -0.39 is 10.0 Å². The van der Waals surface area contributed by atoms with Crippen molar-refractivity contribution in [2.24, 2.45) is 0 Å². The van der Waals surface area contributed by atoms with Crippen LogP contribution in [0.3, 0.4) is 0 Å². The molecule has 0 bridgehead atoms. The Morgan fingerprint density at radius 2 is 2.23 bits per heavy atom. The SMILES string of the molecule is Cc1ccc(NS(C)(=O)=O)cc1NC=C(C#N)c1nn[nH]n1. The molecular formula is C12H13N7O2S. The van der Waals surface area contributed by atoms with Crippen molar-refractivity contribution in [1.29, 1.82) is 5.26 Å². The highest BCUT2D eigenvalue weighted by Gasteiger charge is 2.07. The summed E-state index contributed by atoms with van der Waals surface area (Å²) in [6, 6.07) is 6.97. The molecule has 0 aliphatic heterocycles. The number of aromatic amines is 1. The van der Waals surface area contributed by atoms with Gasteiger partial charge in [-0.15, -0.1) is 10.2 Å². The Hall–Kier alpha value is -2.93. The van der Waals surface area contributed by atoms with Crippen LogP contribution in [-0.2, 0) is 10.0 Å². The maximum Gasteiger partial charge on any atom is 0.229 e. The molecular weight excluding hydrogens is 306 g/mol. The van der Waals surface area contributed by atoms with Crippen molar-refractivity contribution < 1.29 is 8.42 Å². The van der Waals surface area contributed by atoms with Crippen LogP contribution in [0.4, 0.5) is 11.4 Å². The van der Waals surface area contributed by atoms with Crippen molar-refractivity contribution in [3.63, 3.8) is 0 Å². The number of H-pyrrole nitrogens is 1. The molecule has 1 aromatic heterocycles. The highest BCUT2D eigenvalue weighted by Crippen LogP contribution is 2.21. The maximum absolute atomic E-state index is 11.3. The molecule has 0 radical (unpaired) electrons. The summed E-state index contributed by atoms with van der Waals surface area (Å²) in [6.07, 6.45) is 2.50. The van der Waals surface area contributed by atoms with Crippen LogP contribution in [0.25, 0.3) is 5.57 Å². The number of aromatic nitrogens is 4. The van der Waals surface area contributed by atoms with E-state index in [0.717, 1.165) is 11.8 Å². The molecule has 0 fully saturated rings. The van der Waals surface area contributed by atoms with Gasteiger partial charge in [-0.3, -0.25) is 4.72 Å². The van der Waals surface area contributed by atoms with E-state index in [1.54, 1.807) is 18.2 Å². The number of rotatable bonds is 5. The minimum absolute atomic E-state index is 0.165. The zero-order chi connectivity index (χ0) is 16.2. The molecule has 0 saturated carbocycles. The van der Waals surface area contributed by atoms with Crippen molar-refractivity contribution in [2.45, 2.75) is 6.92 Å². The largest absolute Gasteiger partial charge is 0.360 e. The summed E-state index contributed by atoms with van der Waals surface area (Å²) >= 11 is 0. The predicted molar refractivity (Wildman–Crippen MR) is 81.0 cm³/mol. The lowest BCUT2D eigenvalue weighted by atomic mass is 10.2. The topological polar surface area (TPSA) is 136 Å². The van der Waals surface area contributed by atoms with E-state index >= 15 is 0 Å². The number of nitriles is 1. The van der Waals surface area contributed by atoms with Crippen molar-refractivity contribution in [2.75, 3.05) is 16.3 Å². The molecule has 0 aliphatic carbocycles. The van der Waals surface area contributed by atoms with E-state index in [-0.39, 0.29) is 11.4 Å². The Bertz CT molecular complexity index is 835. The van der Waals surface area contributed by atoms with Crippen molar-refractivity contribution in [3.05, 3.63) is 35.8 Å². The number of anilines is 2. The van der Waals surface area contributed by atoms with Crippen molar-refractivity contribution in [3.8, 4) is 6.07 Å². The number of hydrogen-bond donors (Lipinski definition) is 3. The molecule has 2 aromatic rings. The number of hydrogen-bond acceptors (Lipinski definition) is 7. The van der Waals surface area contributed by atoms with Crippen LogP contribution in [0.2, 0.25) is 0 Å².